The second-order valence-electron chi connectivity index (χ2n) is 6.92. The molecule has 1 unspecified atom stereocenters. The Morgan fingerprint density at radius 1 is 0.885 bits per heavy atom. The number of amides is 1. The standard InChI is InChI=1S/C23H21NO2/c1-17-12-13-21-20(14-17)23(26,15-18-8-4-2-5-9-18)22(25)24(21)16-19-10-6-3-7-11-19/h2-14,26H,15-16H2,1H3. The van der Waals surface area contributed by atoms with E-state index in [2.05, 4.69) is 0 Å². The Balaban J connectivity index is 1.76. The number of aryl methyl sites for hydroxylation is 1. The molecule has 0 saturated carbocycles. The summed E-state index contributed by atoms with van der Waals surface area (Å²) < 4.78 is 0. The molecule has 130 valence electrons. The summed E-state index contributed by atoms with van der Waals surface area (Å²) in [5.41, 5.74) is 2.97. The van der Waals surface area contributed by atoms with Gasteiger partial charge in [0.05, 0.1) is 12.2 Å². The number of hydrogen-bond acceptors (Lipinski definition) is 2. The van der Waals surface area contributed by atoms with Gasteiger partial charge in [0.25, 0.3) is 5.91 Å². The molecule has 0 fully saturated rings. The van der Waals surface area contributed by atoms with Crippen LogP contribution in [0.1, 0.15) is 22.3 Å². The fraction of sp³-hybridized carbons (Fsp3) is 0.174. The zero-order chi connectivity index (χ0) is 18.1. The molecule has 0 bridgehead atoms. The average Bonchev–Trinajstić information content (AvgIpc) is 2.85. The molecule has 3 heteroatoms. The molecule has 26 heavy (non-hydrogen) atoms. The second-order valence-corrected chi connectivity index (χ2v) is 6.92. The number of anilines is 1. The first-order valence-corrected chi connectivity index (χ1v) is 8.81. The quantitative estimate of drug-likeness (QED) is 0.779. The maximum absolute atomic E-state index is 13.3. The van der Waals surface area contributed by atoms with Crippen molar-refractivity contribution in [1.82, 2.24) is 0 Å². The lowest BCUT2D eigenvalue weighted by atomic mass is 9.88. The number of nitrogens with zero attached hydrogens (tertiary/aromatic N) is 1. The summed E-state index contributed by atoms with van der Waals surface area (Å²) in [6, 6.07) is 25.4. The van der Waals surface area contributed by atoms with Crippen LogP contribution in [0.4, 0.5) is 5.69 Å². The summed E-state index contributed by atoms with van der Waals surface area (Å²) >= 11 is 0. The van der Waals surface area contributed by atoms with Crippen molar-refractivity contribution in [2.24, 2.45) is 0 Å². The van der Waals surface area contributed by atoms with E-state index in [1.165, 1.54) is 0 Å². The molecular weight excluding hydrogens is 322 g/mol. The number of carbonyl (C=O) groups is 1. The minimum absolute atomic E-state index is 0.259. The normalized spacial score (nSPS) is 18.8. The molecule has 1 aliphatic heterocycles. The predicted octanol–water partition coefficient (Wildman–Crippen LogP) is 3.97. The largest absolute Gasteiger partial charge is 0.375 e. The Hall–Kier alpha value is -2.91. The molecule has 0 radical (unpaired) electrons. The zero-order valence-corrected chi connectivity index (χ0v) is 14.7. The van der Waals surface area contributed by atoms with Crippen LogP contribution in [0.5, 0.6) is 0 Å². The number of carbonyl (C=O) groups excluding carboxylic acids is 1. The van der Waals surface area contributed by atoms with E-state index in [-0.39, 0.29) is 12.3 Å². The zero-order valence-electron chi connectivity index (χ0n) is 14.7. The first kappa shape index (κ1) is 16.6. The van der Waals surface area contributed by atoms with E-state index in [0.29, 0.717) is 12.1 Å². The highest BCUT2D eigenvalue weighted by Gasteiger charge is 2.49. The summed E-state index contributed by atoms with van der Waals surface area (Å²) in [5, 5.41) is 11.4. The van der Waals surface area contributed by atoms with E-state index in [4.69, 9.17) is 0 Å². The van der Waals surface area contributed by atoms with Gasteiger partial charge in [-0.3, -0.25) is 4.79 Å². The van der Waals surface area contributed by atoms with Crippen molar-refractivity contribution < 1.29 is 9.90 Å². The molecule has 3 aromatic rings. The average molecular weight is 343 g/mol. The molecule has 4 rings (SSSR count). The van der Waals surface area contributed by atoms with Crippen LogP contribution in [-0.4, -0.2) is 11.0 Å². The monoisotopic (exact) mass is 343 g/mol. The Labute approximate surface area is 153 Å². The lowest BCUT2D eigenvalue weighted by Gasteiger charge is -2.23. The molecule has 0 aromatic heterocycles. The molecule has 1 aliphatic rings. The highest BCUT2D eigenvalue weighted by atomic mass is 16.3. The Bertz CT molecular complexity index is 937. The van der Waals surface area contributed by atoms with Gasteiger partial charge in [-0.15, -0.1) is 0 Å². The van der Waals surface area contributed by atoms with Gasteiger partial charge in [-0.25, -0.2) is 0 Å². The summed E-state index contributed by atoms with van der Waals surface area (Å²) in [5.74, 6) is -0.259. The van der Waals surface area contributed by atoms with E-state index in [9.17, 15) is 9.90 Å². The van der Waals surface area contributed by atoms with Crippen molar-refractivity contribution in [2.75, 3.05) is 4.90 Å². The SMILES string of the molecule is Cc1ccc2c(c1)C(O)(Cc1ccccc1)C(=O)N2Cc1ccccc1. The highest BCUT2D eigenvalue weighted by molar-refractivity contribution is 6.07. The van der Waals surface area contributed by atoms with E-state index in [0.717, 1.165) is 22.4 Å². The molecule has 1 N–H and O–H groups in total. The summed E-state index contributed by atoms with van der Waals surface area (Å²) in [6.45, 7) is 2.43. The number of fused-ring (bicyclic) bond motifs is 1. The van der Waals surface area contributed by atoms with Crippen LogP contribution in [0.3, 0.4) is 0 Å². The third-order valence-electron chi connectivity index (χ3n) is 4.97. The number of aliphatic hydroxyl groups is 1. The number of benzene rings is 3. The summed E-state index contributed by atoms with van der Waals surface area (Å²) in [6.07, 6.45) is 0.272. The lowest BCUT2D eigenvalue weighted by molar-refractivity contribution is -0.136. The van der Waals surface area contributed by atoms with Gasteiger partial charge < -0.3 is 10.0 Å². The Morgan fingerprint density at radius 3 is 2.15 bits per heavy atom. The topological polar surface area (TPSA) is 40.5 Å². The van der Waals surface area contributed by atoms with Crippen LogP contribution in [0, 0.1) is 6.92 Å². The molecule has 3 nitrogen and oxygen atoms in total. The molecule has 1 atom stereocenters. The van der Waals surface area contributed by atoms with Crippen LogP contribution in [-0.2, 0) is 23.4 Å². The summed E-state index contributed by atoms with van der Waals surface area (Å²) in [4.78, 5) is 15.0. The van der Waals surface area contributed by atoms with Gasteiger partial charge >= 0.3 is 0 Å². The maximum Gasteiger partial charge on any atom is 0.264 e. The van der Waals surface area contributed by atoms with Gasteiger partial charge in [-0.2, -0.15) is 0 Å². The lowest BCUT2D eigenvalue weighted by Crippen LogP contribution is -2.41. The van der Waals surface area contributed by atoms with Crippen molar-refractivity contribution in [3.05, 3.63) is 101 Å². The highest BCUT2D eigenvalue weighted by Crippen LogP contribution is 2.43. The van der Waals surface area contributed by atoms with Crippen LogP contribution in [0.15, 0.2) is 78.9 Å². The molecule has 0 spiro atoms. The molecule has 1 heterocycles. The number of hydrogen-bond donors (Lipinski definition) is 1. The van der Waals surface area contributed by atoms with Gasteiger partial charge in [0.2, 0.25) is 0 Å². The first-order valence-electron chi connectivity index (χ1n) is 8.81. The number of rotatable bonds is 4. The van der Waals surface area contributed by atoms with Crippen molar-refractivity contribution in [3.63, 3.8) is 0 Å². The van der Waals surface area contributed by atoms with E-state index in [1.807, 2.05) is 85.8 Å². The minimum atomic E-state index is -1.53. The molecule has 0 saturated heterocycles. The Kier molecular flexibility index (Phi) is 4.09. The molecule has 0 aliphatic carbocycles. The van der Waals surface area contributed by atoms with E-state index in [1.54, 1.807) is 4.90 Å². The first-order chi connectivity index (χ1) is 12.6. The van der Waals surface area contributed by atoms with E-state index >= 15 is 0 Å². The van der Waals surface area contributed by atoms with Crippen LogP contribution in [0.25, 0.3) is 0 Å². The van der Waals surface area contributed by atoms with E-state index < -0.39 is 5.60 Å². The maximum atomic E-state index is 13.3. The van der Waals surface area contributed by atoms with Gasteiger partial charge in [0.15, 0.2) is 5.60 Å². The van der Waals surface area contributed by atoms with Gasteiger partial charge in [-0.1, -0.05) is 78.4 Å². The third-order valence-corrected chi connectivity index (χ3v) is 4.97. The summed E-state index contributed by atoms with van der Waals surface area (Å²) in [7, 11) is 0. The molecule has 3 aromatic carbocycles. The van der Waals surface area contributed by atoms with Crippen LogP contribution < -0.4 is 4.90 Å². The van der Waals surface area contributed by atoms with Crippen molar-refractivity contribution >= 4 is 11.6 Å². The Morgan fingerprint density at radius 2 is 1.50 bits per heavy atom. The van der Waals surface area contributed by atoms with Gasteiger partial charge in [0.1, 0.15) is 0 Å². The van der Waals surface area contributed by atoms with Crippen molar-refractivity contribution in [1.29, 1.82) is 0 Å². The smallest absolute Gasteiger partial charge is 0.264 e. The molecular formula is C23H21NO2. The minimum Gasteiger partial charge on any atom is -0.375 e. The van der Waals surface area contributed by atoms with Gasteiger partial charge in [-0.05, 0) is 24.1 Å². The second kappa shape index (κ2) is 6.43. The fourth-order valence-electron chi connectivity index (χ4n) is 3.65. The van der Waals surface area contributed by atoms with Gasteiger partial charge in [0, 0.05) is 12.0 Å². The molecule has 1 amide bonds. The van der Waals surface area contributed by atoms with Crippen LogP contribution >= 0.6 is 0 Å². The van der Waals surface area contributed by atoms with Crippen LogP contribution in [0.2, 0.25) is 0 Å². The fourth-order valence-corrected chi connectivity index (χ4v) is 3.65. The van der Waals surface area contributed by atoms with Crippen molar-refractivity contribution in [3.8, 4) is 0 Å². The third kappa shape index (κ3) is 2.80. The van der Waals surface area contributed by atoms with Crippen molar-refractivity contribution in [2.45, 2.75) is 25.5 Å². The predicted molar refractivity (Wildman–Crippen MR) is 103 cm³/mol.